The predicted octanol–water partition coefficient (Wildman–Crippen LogP) is 0.539. The molecule has 0 aliphatic heterocycles. The molecule has 0 aromatic rings. The van der Waals surface area contributed by atoms with E-state index in [0.29, 0.717) is 0 Å². The fourth-order valence-corrected chi connectivity index (χ4v) is 1.72. The molecular weight excluding hydrogens is 252 g/mol. The molecule has 108 valence electrons. The number of carbonyl (C=O) groups excluding carboxylic acids is 2. The molecule has 0 radical (unpaired) electrons. The minimum Gasteiger partial charge on any atom is -0.480 e. The van der Waals surface area contributed by atoms with E-state index in [1.807, 2.05) is 0 Å². The van der Waals surface area contributed by atoms with Gasteiger partial charge in [-0.3, -0.25) is 9.59 Å². The Kier molecular flexibility index (Phi) is 5.14. The summed E-state index contributed by atoms with van der Waals surface area (Å²) < 4.78 is 4.55. The second-order valence-electron chi connectivity index (χ2n) is 4.83. The number of urea groups is 1. The van der Waals surface area contributed by atoms with E-state index < -0.39 is 18.0 Å². The number of carboxylic acid groups (broad SMARTS) is 1. The lowest BCUT2D eigenvalue weighted by Crippen LogP contribution is -2.50. The minimum atomic E-state index is -1.05. The normalized spacial score (nSPS) is 14.1. The van der Waals surface area contributed by atoms with Crippen molar-refractivity contribution in [2.75, 3.05) is 20.2 Å². The Bertz CT molecular complexity index is 365. The van der Waals surface area contributed by atoms with Gasteiger partial charge < -0.3 is 19.6 Å². The Morgan fingerprint density at radius 1 is 1.26 bits per heavy atom. The van der Waals surface area contributed by atoms with E-state index in [2.05, 4.69) is 4.74 Å². The van der Waals surface area contributed by atoms with E-state index in [1.165, 1.54) is 16.9 Å². The monoisotopic (exact) mass is 272 g/mol. The van der Waals surface area contributed by atoms with E-state index in [1.54, 1.807) is 13.8 Å². The summed E-state index contributed by atoms with van der Waals surface area (Å²) in [5, 5.41) is 8.85. The summed E-state index contributed by atoms with van der Waals surface area (Å²) in [5.41, 5.74) is 0. The molecule has 0 bridgehead atoms. The Labute approximate surface area is 112 Å². The predicted molar refractivity (Wildman–Crippen MR) is 66.6 cm³/mol. The van der Waals surface area contributed by atoms with Crippen LogP contribution in [0, 0.1) is 0 Å². The molecule has 1 saturated carbocycles. The van der Waals surface area contributed by atoms with Crippen molar-refractivity contribution in [2.24, 2.45) is 0 Å². The van der Waals surface area contributed by atoms with Gasteiger partial charge in [-0.25, -0.2) is 4.79 Å². The lowest BCUT2D eigenvalue weighted by atomic mass is 10.3. The molecule has 1 N–H and O–H groups in total. The molecule has 0 aromatic heterocycles. The van der Waals surface area contributed by atoms with Crippen molar-refractivity contribution in [3.63, 3.8) is 0 Å². The zero-order valence-corrected chi connectivity index (χ0v) is 11.5. The van der Waals surface area contributed by atoms with Gasteiger partial charge in [0.05, 0.1) is 7.11 Å². The first kappa shape index (κ1) is 15.3. The summed E-state index contributed by atoms with van der Waals surface area (Å²) in [5.74, 6) is -1.57. The first-order valence-corrected chi connectivity index (χ1v) is 6.22. The molecule has 1 aliphatic rings. The van der Waals surface area contributed by atoms with Crippen molar-refractivity contribution < 1.29 is 24.2 Å². The van der Waals surface area contributed by atoms with Gasteiger partial charge >= 0.3 is 18.0 Å². The number of nitrogens with zero attached hydrogens (tertiary/aromatic N) is 2. The first-order valence-electron chi connectivity index (χ1n) is 6.22. The van der Waals surface area contributed by atoms with E-state index >= 15 is 0 Å². The number of carboxylic acids is 1. The average Bonchev–Trinajstić information content (AvgIpc) is 3.15. The van der Waals surface area contributed by atoms with Gasteiger partial charge in [0, 0.05) is 12.1 Å². The van der Waals surface area contributed by atoms with Crippen molar-refractivity contribution in [2.45, 2.75) is 38.8 Å². The molecule has 19 heavy (non-hydrogen) atoms. The second-order valence-corrected chi connectivity index (χ2v) is 4.83. The third-order valence-electron chi connectivity index (χ3n) is 2.94. The number of amides is 2. The molecule has 7 heteroatoms. The summed E-state index contributed by atoms with van der Waals surface area (Å²) >= 11 is 0. The van der Waals surface area contributed by atoms with E-state index in [4.69, 9.17) is 5.11 Å². The highest BCUT2D eigenvalue weighted by atomic mass is 16.5. The SMILES string of the molecule is COC(=O)CN(C(=O)N(CC(=O)O)C1CC1)C(C)C. The Balaban J connectivity index is 2.77. The van der Waals surface area contributed by atoms with Crippen LogP contribution in [0.15, 0.2) is 0 Å². The van der Waals surface area contributed by atoms with Crippen LogP contribution in [-0.2, 0) is 14.3 Å². The Hall–Kier alpha value is -1.79. The lowest BCUT2D eigenvalue weighted by molar-refractivity contribution is -0.141. The smallest absolute Gasteiger partial charge is 0.325 e. The summed E-state index contributed by atoms with van der Waals surface area (Å²) in [6.07, 6.45) is 1.62. The second kappa shape index (κ2) is 6.40. The van der Waals surface area contributed by atoms with Gasteiger partial charge in [-0.15, -0.1) is 0 Å². The number of carbonyl (C=O) groups is 3. The van der Waals surface area contributed by atoms with Gasteiger partial charge in [0.25, 0.3) is 0 Å². The van der Waals surface area contributed by atoms with E-state index in [0.717, 1.165) is 12.8 Å². The number of ether oxygens (including phenoxy) is 1. The molecular formula is C12H20N2O5. The quantitative estimate of drug-likeness (QED) is 0.713. The van der Waals surface area contributed by atoms with Crippen LogP contribution >= 0.6 is 0 Å². The lowest BCUT2D eigenvalue weighted by Gasteiger charge is -2.31. The van der Waals surface area contributed by atoms with Gasteiger partial charge in [-0.05, 0) is 26.7 Å². The van der Waals surface area contributed by atoms with Crippen LogP contribution in [0.5, 0.6) is 0 Å². The number of rotatable bonds is 6. The van der Waals surface area contributed by atoms with Crippen LogP contribution < -0.4 is 0 Å². The maximum absolute atomic E-state index is 12.3. The highest BCUT2D eigenvalue weighted by Crippen LogP contribution is 2.28. The molecule has 1 fully saturated rings. The van der Waals surface area contributed by atoms with Gasteiger partial charge in [-0.2, -0.15) is 0 Å². The maximum atomic E-state index is 12.3. The van der Waals surface area contributed by atoms with Gasteiger partial charge in [0.1, 0.15) is 13.1 Å². The molecule has 0 unspecified atom stereocenters. The molecule has 0 heterocycles. The highest BCUT2D eigenvalue weighted by molar-refractivity contribution is 5.84. The zero-order valence-electron chi connectivity index (χ0n) is 11.5. The van der Waals surface area contributed by atoms with Crippen LogP contribution in [0.4, 0.5) is 4.79 Å². The summed E-state index contributed by atoms with van der Waals surface area (Å²) in [6.45, 7) is 3.03. The Morgan fingerprint density at radius 2 is 1.84 bits per heavy atom. The van der Waals surface area contributed by atoms with Crippen LogP contribution in [0.2, 0.25) is 0 Å². The van der Waals surface area contributed by atoms with Gasteiger partial charge in [-0.1, -0.05) is 0 Å². The maximum Gasteiger partial charge on any atom is 0.325 e. The Morgan fingerprint density at radius 3 is 2.21 bits per heavy atom. The van der Waals surface area contributed by atoms with Crippen LogP contribution in [0.1, 0.15) is 26.7 Å². The number of hydrogen-bond acceptors (Lipinski definition) is 4. The largest absolute Gasteiger partial charge is 0.480 e. The average molecular weight is 272 g/mol. The van der Waals surface area contributed by atoms with Crippen molar-refractivity contribution in [3.05, 3.63) is 0 Å². The fourth-order valence-electron chi connectivity index (χ4n) is 1.72. The van der Waals surface area contributed by atoms with Crippen molar-refractivity contribution in [1.82, 2.24) is 9.80 Å². The molecule has 0 aromatic carbocycles. The van der Waals surface area contributed by atoms with Crippen LogP contribution in [0.3, 0.4) is 0 Å². The standard InChI is InChI=1S/C12H20N2O5/c1-8(2)13(7-11(17)19-3)12(18)14(6-10(15)16)9-4-5-9/h8-9H,4-7H2,1-3H3,(H,15,16). The molecule has 0 saturated heterocycles. The van der Waals surface area contributed by atoms with Gasteiger partial charge in [0.15, 0.2) is 0 Å². The summed E-state index contributed by atoms with van der Waals surface area (Å²) in [7, 11) is 1.25. The van der Waals surface area contributed by atoms with Crippen molar-refractivity contribution >= 4 is 18.0 Å². The molecule has 1 rings (SSSR count). The third kappa shape index (κ3) is 4.42. The first-order chi connectivity index (χ1) is 8.86. The zero-order chi connectivity index (χ0) is 14.6. The number of esters is 1. The number of methoxy groups -OCH3 is 1. The van der Waals surface area contributed by atoms with E-state index in [-0.39, 0.29) is 25.2 Å². The van der Waals surface area contributed by atoms with Crippen molar-refractivity contribution in [3.8, 4) is 0 Å². The summed E-state index contributed by atoms with van der Waals surface area (Å²) in [6, 6.07) is -0.658. The molecule has 7 nitrogen and oxygen atoms in total. The number of hydrogen-bond donors (Lipinski definition) is 1. The fraction of sp³-hybridized carbons (Fsp3) is 0.750. The molecule has 2 amide bonds. The van der Waals surface area contributed by atoms with E-state index in [9.17, 15) is 14.4 Å². The molecule has 1 aliphatic carbocycles. The summed E-state index contributed by atoms with van der Waals surface area (Å²) in [4.78, 5) is 37.1. The third-order valence-corrected chi connectivity index (χ3v) is 2.94. The molecule has 0 spiro atoms. The molecule has 0 atom stereocenters. The highest BCUT2D eigenvalue weighted by Gasteiger charge is 2.37. The van der Waals surface area contributed by atoms with Crippen LogP contribution in [-0.4, -0.2) is 65.2 Å². The minimum absolute atomic E-state index is 0.0255. The van der Waals surface area contributed by atoms with Crippen molar-refractivity contribution in [1.29, 1.82) is 0 Å². The number of aliphatic carboxylic acids is 1. The van der Waals surface area contributed by atoms with Crippen LogP contribution in [0.25, 0.3) is 0 Å². The van der Waals surface area contributed by atoms with Gasteiger partial charge in [0.2, 0.25) is 0 Å². The topological polar surface area (TPSA) is 87.2 Å².